The third-order valence-electron chi connectivity index (χ3n) is 5.37. The second-order valence-corrected chi connectivity index (χ2v) is 9.17. The Morgan fingerprint density at radius 2 is 1.10 bits per heavy atom. The van der Waals surface area contributed by atoms with Crippen LogP contribution in [0.3, 0.4) is 0 Å². The van der Waals surface area contributed by atoms with Crippen LogP contribution in [-0.2, 0) is 0 Å². The Labute approximate surface area is 180 Å². The van der Waals surface area contributed by atoms with Crippen LogP contribution in [0.1, 0.15) is 84.2 Å². The summed E-state index contributed by atoms with van der Waals surface area (Å²) in [7, 11) is 0. The smallest absolute Gasteiger partial charge is 0.176 e. The maximum absolute atomic E-state index is 13.4. The highest BCUT2D eigenvalue weighted by atomic mass is 32.2. The zero-order valence-corrected chi connectivity index (χ0v) is 19.1. The molecule has 2 unspecified atom stereocenters. The fourth-order valence-corrected chi connectivity index (χ4v) is 5.05. The number of Topliss-reactive ketones (excluding diaryl/α,β-unsaturated/α-hetero) is 2. The second-order valence-electron chi connectivity index (χ2n) is 7.76. The molecule has 2 aromatic carbocycles. The highest BCUT2D eigenvalue weighted by Crippen LogP contribution is 2.32. The van der Waals surface area contributed by atoms with Gasteiger partial charge in [0.15, 0.2) is 11.6 Å². The van der Waals surface area contributed by atoms with Gasteiger partial charge in [0.2, 0.25) is 0 Å². The third-order valence-corrected chi connectivity index (χ3v) is 6.93. The Hall–Kier alpha value is -1.87. The Bertz CT molecular complexity index is 744. The van der Waals surface area contributed by atoms with Gasteiger partial charge in [0, 0.05) is 11.1 Å². The molecule has 0 aliphatic rings. The molecule has 0 heterocycles. The standard InChI is InChI=1S/C26H34O2S/c1-5-7-17-23(25(27)21-15-11-9-13-19(21)3)29-24(18-8-6-2)26(28)22-16-12-10-14-20(22)4/h9-16,23-24H,5-8,17-18H2,1-4H3. The Morgan fingerprint density at radius 1 is 0.724 bits per heavy atom. The maximum Gasteiger partial charge on any atom is 0.176 e. The van der Waals surface area contributed by atoms with E-state index in [9.17, 15) is 9.59 Å². The summed E-state index contributed by atoms with van der Waals surface area (Å²) in [5.74, 6) is 0.335. The van der Waals surface area contributed by atoms with Crippen molar-refractivity contribution in [1.29, 1.82) is 0 Å². The number of thioether (sulfide) groups is 1. The predicted octanol–water partition coefficient (Wildman–Crippen LogP) is 7.22. The topological polar surface area (TPSA) is 34.1 Å². The van der Waals surface area contributed by atoms with Gasteiger partial charge < -0.3 is 0 Å². The summed E-state index contributed by atoms with van der Waals surface area (Å²) in [6, 6.07) is 15.6. The van der Waals surface area contributed by atoms with Gasteiger partial charge in [0.25, 0.3) is 0 Å². The minimum Gasteiger partial charge on any atom is -0.293 e. The highest BCUT2D eigenvalue weighted by molar-refractivity contribution is 8.02. The van der Waals surface area contributed by atoms with Gasteiger partial charge in [-0.25, -0.2) is 0 Å². The molecule has 0 spiro atoms. The molecule has 0 saturated heterocycles. The Morgan fingerprint density at radius 3 is 1.45 bits per heavy atom. The maximum atomic E-state index is 13.4. The van der Waals surface area contributed by atoms with E-state index in [-0.39, 0.29) is 22.1 Å². The zero-order valence-electron chi connectivity index (χ0n) is 18.2. The molecule has 29 heavy (non-hydrogen) atoms. The molecular formula is C26H34O2S. The lowest BCUT2D eigenvalue weighted by Crippen LogP contribution is -2.27. The number of unbranched alkanes of at least 4 members (excludes halogenated alkanes) is 2. The molecular weight excluding hydrogens is 376 g/mol. The molecule has 2 atom stereocenters. The number of hydrogen-bond acceptors (Lipinski definition) is 3. The summed E-state index contributed by atoms with van der Waals surface area (Å²) in [6.07, 6.45) is 5.71. The van der Waals surface area contributed by atoms with Gasteiger partial charge in [-0.2, -0.15) is 0 Å². The summed E-state index contributed by atoms with van der Waals surface area (Å²) in [6.45, 7) is 8.27. The molecule has 3 heteroatoms. The van der Waals surface area contributed by atoms with Crippen molar-refractivity contribution in [2.45, 2.75) is 76.7 Å². The number of aryl methyl sites for hydroxylation is 2. The molecule has 0 amide bonds. The summed E-state index contributed by atoms with van der Waals surface area (Å²) in [5, 5.41) is -0.350. The Balaban J connectivity index is 2.30. The van der Waals surface area contributed by atoms with Gasteiger partial charge in [-0.1, -0.05) is 88.1 Å². The molecule has 0 aliphatic heterocycles. The van der Waals surface area contributed by atoms with Gasteiger partial charge in [0.05, 0.1) is 10.5 Å². The van der Waals surface area contributed by atoms with Crippen molar-refractivity contribution in [3.05, 3.63) is 70.8 Å². The van der Waals surface area contributed by atoms with E-state index in [0.29, 0.717) is 0 Å². The van der Waals surface area contributed by atoms with Crippen molar-refractivity contribution >= 4 is 23.3 Å². The molecule has 0 aromatic heterocycles. The SMILES string of the molecule is CCCCC(SC(CCCC)C(=O)c1ccccc1C)C(=O)c1ccccc1C. The largest absolute Gasteiger partial charge is 0.293 e. The van der Waals surface area contributed by atoms with Crippen LogP contribution in [0.4, 0.5) is 0 Å². The molecule has 2 rings (SSSR count). The van der Waals surface area contributed by atoms with Crippen LogP contribution in [-0.4, -0.2) is 22.1 Å². The average molecular weight is 411 g/mol. The van der Waals surface area contributed by atoms with Gasteiger partial charge in [-0.15, -0.1) is 11.8 Å². The monoisotopic (exact) mass is 410 g/mol. The molecule has 0 N–H and O–H groups in total. The Kier molecular flexibility index (Phi) is 9.66. The normalized spacial score (nSPS) is 13.1. The first-order valence-corrected chi connectivity index (χ1v) is 11.8. The van der Waals surface area contributed by atoms with Gasteiger partial charge in [-0.05, 0) is 37.8 Å². The average Bonchev–Trinajstić information content (AvgIpc) is 2.73. The number of rotatable bonds is 12. The minimum atomic E-state index is -0.175. The molecule has 0 aliphatic carbocycles. The molecule has 2 aromatic rings. The summed E-state index contributed by atoms with van der Waals surface area (Å²) < 4.78 is 0. The lowest BCUT2D eigenvalue weighted by Gasteiger charge is -2.23. The van der Waals surface area contributed by atoms with Crippen molar-refractivity contribution in [2.24, 2.45) is 0 Å². The number of carbonyl (C=O) groups excluding carboxylic acids is 2. The van der Waals surface area contributed by atoms with Crippen molar-refractivity contribution in [2.75, 3.05) is 0 Å². The van der Waals surface area contributed by atoms with E-state index >= 15 is 0 Å². The zero-order chi connectivity index (χ0) is 21.2. The van der Waals surface area contributed by atoms with Crippen LogP contribution >= 0.6 is 11.8 Å². The lowest BCUT2D eigenvalue weighted by atomic mass is 9.99. The summed E-state index contributed by atoms with van der Waals surface area (Å²) in [5.41, 5.74) is 3.60. The molecule has 156 valence electrons. The first-order chi connectivity index (χ1) is 14.0. The van der Waals surface area contributed by atoms with Crippen LogP contribution in [0.5, 0.6) is 0 Å². The fourth-order valence-electron chi connectivity index (χ4n) is 3.54. The lowest BCUT2D eigenvalue weighted by molar-refractivity contribution is 0.0983. The minimum absolute atomic E-state index is 0.167. The van der Waals surface area contributed by atoms with E-state index in [1.54, 1.807) is 11.8 Å². The number of ketones is 2. The van der Waals surface area contributed by atoms with E-state index in [0.717, 1.165) is 60.8 Å². The van der Waals surface area contributed by atoms with E-state index in [2.05, 4.69) is 13.8 Å². The molecule has 0 fully saturated rings. The van der Waals surface area contributed by atoms with Crippen LogP contribution in [0.2, 0.25) is 0 Å². The molecule has 0 saturated carbocycles. The van der Waals surface area contributed by atoms with Crippen molar-refractivity contribution in [3.8, 4) is 0 Å². The van der Waals surface area contributed by atoms with Crippen LogP contribution in [0, 0.1) is 13.8 Å². The second kappa shape index (κ2) is 12.0. The van der Waals surface area contributed by atoms with Crippen molar-refractivity contribution in [1.82, 2.24) is 0 Å². The molecule has 0 radical (unpaired) electrons. The third kappa shape index (κ3) is 6.57. The first-order valence-electron chi connectivity index (χ1n) is 10.8. The highest BCUT2D eigenvalue weighted by Gasteiger charge is 2.29. The summed E-state index contributed by atoms with van der Waals surface area (Å²) in [4.78, 5) is 26.7. The molecule has 0 bridgehead atoms. The number of carbonyl (C=O) groups is 2. The number of hydrogen-bond donors (Lipinski definition) is 0. The van der Waals surface area contributed by atoms with Crippen molar-refractivity contribution < 1.29 is 9.59 Å². The van der Waals surface area contributed by atoms with Crippen LogP contribution < -0.4 is 0 Å². The van der Waals surface area contributed by atoms with E-state index < -0.39 is 0 Å². The quantitative estimate of drug-likeness (QED) is 0.346. The van der Waals surface area contributed by atoms with Crippen LogP contribution in [0.25, 0.3) is 0 Å². The fraction of sp³-hybridized carbons (Fsp3) is 0.462. The molecule has 2 nitrogen and oxygen atoms in total. The van der Waals surface area contributed by atoms with E-state index in [4.69, 9.17) is 0 Å². The van der Waals surface area contributed by atoms with Gasteiger partial charge >= 0.3 is 0 Å². The summed E-state index contributed by atoms with van der Waals surface area (Å²) >= 11 is 1.59. The number of benzene rings is 2. The van der Waals surface area contributed by atoms with Crippen LogP contribution in [0.15, 0.2) is 48.5 Å². The van der Waals surface area contributed by atoms with E-state index in [1.807, 2.05) is 62.4 Å². The predicted molar refractivity (Wildman–Crippen MR) is 125 cm³/mol. The van der Waals surface area contributed by atoms with E-state index in [1.165, 1.54) is 0 Å². The van der Waals surface area contributed by atoms with Gasteiger partial charge in [0.1, 0.15) is 0 Å². The first kappa shape index (κ1) is 23.4. The van der Waals surface area contributed by atoms with Gasteiger partial charge in [-0.3, -0.25) is 9.59 Å². The van der Waals surface area contributed by atoms with Crippen molar-refractivity contribution in [3.63, 3.8) is 0 Å².